The molecule has 84 valence electrons. The van der Waals surface area contributed by atoms with Crippen LogP contribution >= 0.6 is 11.8 Å². The number of fused-ring (bicyclic) bond motifs is 1. The molecule has 4 heteroatoms. The van der Waals surface area contributed by atoms with Gasteiger partial charge in [-0.15, -0.1) is 0 Å². The molecule has 0 aliphatic heterocycles. The summed E-state index contributed by atoms with van der Waals surface area (Å²) >= 11 is 1.30. The van der Waals surface area contributed by atoms with Gasteiger partial charge >= 0.3 is 0 Å². The second-order valence-corrected chi connectivity index (χ2v) is 4.62. The molecule has 0 atom stereocenters. The van der Waals surface area contributed by atoms with Crippen LogP contribution in [-0.4, -0.2) is 9.97 Å². The highest BCUT2D eigenvalue weighted by atomic mass is 32.2. The van der Waals surface area contributed by atoms with Gasteiger partial charge in [0.05, 0.1) is 15.9 Å². The standard InChI is InChI=1S/C13H9FN2S/c14-9-5-1-4-8-12(9)17-13-15-10-6-2-3-7-11(10)16-13/h1-8H,(H,15,16). The van der Waals surface area contributed by atoms with Gasteiger partial charge < -0.3 is 4.98 Å². The molecule has 0 unspecified atom stereocenters. The number of rotatable bonds is 2. The predicted octanol–water partition coefficient (Wildman–Crippen LogP) is 3.85. The van der Waals surface area contributed by atoms with Crippen molar-refractivity contribution >= 4 is 22.8 Å². The lowest BCUT2D eigenvalue weighted by Crippen LogP contribution is -1.80. The molecular formula is C13H9FN2S. The van der Waals surface area contributed by atoms with Crippen molar-refractivity contribution in [1.82, 2.24) is 9.97 Å². The number of aromatic nitrogens is 2. The first-order chi connectivity index (χ1) is 8.33. The van der Waals surface area contributed by atoms with Gasteiger partial charge in [-0.25, -0.2) is 9.37 Å². The number of para-hydroxylation sites is 2. The van der Waals surface area contributed by atoms with E-state index in [2.05, 4.69) is 9.97 Å². The molecule has 3 rings (SSSR count). The smallest absolute Gasteiger partial charge is 0.171 e. The molecule has 2 aromatic carbocycles. The summed E-state index contributed by atoms with van der Waals surface area (Å²) in [6.45, 7) is 0. The third-order valence-electron chi connectivity index (χ3n) is 2.41. The number of halogens is 1. The van der Waals surface area contributed by atoms with E-state index in [0.29, 0.717) is 10.1 Å². The number of nitrogens with zero attached hydrogens (tertiary/aromatic N) is 1. The molecule has 0 radical (unpaired) electrons. The van der Waals surface area contributed by atoms with Crippen LogP contribution in [0.5, 0.6) is 0 Å². The molecule has 0 bridgehead atoms. The first-order valence-electron chi connectivity index (χ1n) is 5.20. The van der Waals surface area contributed by atoms with Gasteiger partial charge in [-0.3, -0.25) is 0 Å². The van der Waals surface area contributed by atoms with Crippen molar-refractivity contribution in [2.45, 2.75) is 10.1 Å². The second-order valence-electron chi connectivity index (χ2n) is 3.59. The molecule has 17 heavy (non-hydrogen) atoms. The fourth-order valence-corrected chi connectivity index (χ4v) is 2.43. The minimum absolute atomic E-state index is 0.224. The fourth-order valence-electron chi connectivity index (χ4n) is 1.61. The van der Waals surface area contributed by atoms with Crippen LogP contribution in [0.15, 0.2) is 58.6 Å². The maximum atomic E-state index is 13.5. The van der Waals surface area contributed by atoms with Gasteiger partial charge in [0, 0.05) is 0 Å². The summed E-state index contributed by atoms with van der Waals surface area (Å²) in [5.74, 6) is -0.224. The minimum Gasteiger partial charge on any atom is -0.333 e. The number of imidazole rings is 1. The summed E-state index contributed by atoms with van der Waals surface area (Å²) in [6.07, 6.45) is 0. The van der Waals surface area contributed by atoms with E-state index in [1.165, 1.54) is 17.8 Å². The molecule has 3 aromatic rings. The van der Waals surface area contributed by atoms with Crippen LogP contribution in [0.4, 0.5) is 4.39 Å². The molecule has 0 spiro atoms. The van der Waals surface area contributed by atoms with Gasteiger partial charge in [-0.05, 0) is 36.0 Å². The number of hydrogen-bond acceptors (Lipinski definition) is 2. The Labute approximate surface area is 102 Å². The van der Waals surface area contributed by atoms with Crippen LogP contribution in [0.25, 0.3) is 11.0 Å². The third kappa shape index (κ3) is 2.03. The van der Waals surface area contributed by atoms with Crippen molar-refractivity contribution in [2.75, 3.05) is 0 Å². The lowest BCUT2D eigenvalue weighted by atomic mass is 10.3. The summed E-state index contributed by atoms with van der Waals surface area (Å²) in [5, 5.41) is 0.705. The highest BCUT2D eigenvalue weighted by molar-refractivity contribution is 7.99. The SMILES string of the molecule is Fc1ccccc1Sc1nc2ccccc2[nH]1. The Morgan fingerprint density at radius 3 is 2.59 bits per heavy atom. The van der Waals surface area contributed by atoms with Crippen molar-refractivity contribution in [1.29, 1.82) is 0 Å². The van der Waals surface area contributed by atoms with E-state index in [4.69, 9.17) is 0 Å². The summed E-state index contributed by atoms with van der Waals surface area (Å²) < 4.78 is 13.5. The summed E-state index contributed by atoms with van der Waals surface area (Å²) in [7, 11) is 0. The monoisotopic (exact) mass is 244 g/mol. The Kier molecular flexibility index (Phi) is 2.57. The molecule has 2 nitrogen and oxygen atoms in total. The Bertz CT molecular complexity index is 630. The molecule has 0 saturated heterocycles. The lowest BCUT2D eigenvalue weighted by molar-refractivity contribution is 0.602. The van der Waals surface area contributed by atoms with Gasteiger partial charge in [0.15, 0.2) is 5.16 Å². The molecule has 0 saturated carbocycles. The Morgan fingerprint density at radius 1 is 1.00 bits per heavy atom. The largest absolute Gasteiger partial charge is 0.333 e. The third-order valence-corrected chi connectivity index (χ3v) is 3.35. The minimum atomic E-state index is -0.224. The normalized spacial score (nSPS) is 10.9. The summed E-state index contributed by atoms with van der Waals surface area (Å²) in [5.41, 5.74) is 1.86. The Morgan fingerprint density at radius 2 is 1.76 bits per heavy atom. The Balaban J connectivity index is 1.98. The molecule has 0 aliphatic carbocycles. The average molecular weight is 244 g/mol. The van der Waals surface area contributed by atoms with E-state index >= 15 is 0 Å². The second kappa shape index (κ2) is 4.22. The quantitative estimate of drug-likeness (QED) is 0.741. The number of aromatic amines is 1. The maximum absolute atomic E-state index is 13.5. The van der Waals surface area contributed by atoms with E-state index in [9.17, 15) is 4.39 Å². The molecular weight excluding hydrogens is 235 g/mol. The van der Waals surface area contributed by atoms with E-state index in [-0.39, 0.29) is 5.82 Å². The zero-order valence-electron chi connectivity index (χ0n) is 8.85. The molecule has 0 amide bonds. The van der Waals surface area contributed by atoms with Crippen molar-refractivity contribution in [2.24, 2.45) is 0 Å². The van der Waals surface area contributed by atoms with Crippen LogP contribution < -0.4 is 0 Å². The molecule has 1 N–H and O–H groups in total. The van der Waals surface area contributed by atoms with Crippen molar-refractivity contribution in [3.05, 3.63) is 54.3 Å². The first-order valence-corrected chi connectivity index (χ1v) is 6.02. The number of H-pyrrole nitrogens is 1. The predicted molar refractivity (Wildman–Crippen MR) is 66.6 cm³/mol. The molecule has 0 aliphatic rings. The van der Waals surface area contributed by atoms with Gasteiger partial charge in [-0.2, -0.15) is 0 Å². The highest BCUT2D eigenvalue weighted by Crippen LogP contribution is 2.28. The van der Waals surface area contributed by atoms with Gasteiger partial charge in [-0.1, -0.05) is 24.3 Å². The lowest BCUT2D eigenvalue weighted by Gasteiger charge is -1.98. The number of nitrogens with one attached hydrogen (secondary N) is 1. The summed E-state index contributed by atoms with van der Waals surface area (Å²) in [6, 6.07) is 14.4. The number of hydrogen-bond donors (Lipinski definition) is 1. The fraction of sp³-hybridized carbons (Fsp3) is 0. The molecule has 1 aromatic heterocycles. The van der Waals surface area contributed by atoms with Crippen LogP contribution in [0.2, 0.25) is 0 Å². The molecule has 0 fully saturated rings. The first kappa shape index (κ1) is 10.4. The number of benzene rings is 2. The Hall–Kier alpha value is -1.81. The van der Waals surface area contributed by atoms with Gasteiger partial charge in [0.1, 0.15) is 5.82 Å². The van der Waals surface area contributed by atoms with E-state index < -0.39 is 0 Å². The van der Waals surface area contributed by atoms with Gasteiger partial charge in [0.2, 0.25) is 0 Å². The van der Waals surface area contributed by atoms with E-state index in [1.807, 2.05) is 30.3 Å². The summed E-state index contributed by atoms with van der Waals surface area (Å²) in [4.78, 5) is 8.12. The zero-order valence-corrected chi connectivity index (χ0v) is 9.67. The average Bonchev–Trinajstić information content (AvgIpc) is 2.74. The van der Waals surface area contributed by atoms with E-state index in [0.717, 1.165) is 11.0 Å². The molecule has 1 heterocycles. The highest BCUT2D eigenvalue weighted by Gasteiger charge is 2.07. The van der Waals surface area contributed by atoms with Crippen LogP contribution in [0.1, 0.15) is 0 Å². The van der Waals surface area contributed by atoms with Crippen LogP contribution in [0, 0.1) is 5.82 Å². The van der Waals surface area contributed by atoms with Crippen LogP contribution in [-0.2, 0) is 0 Å². The van der Waals surface area contributed by atoms with Crippen molar-refractivity contribution < 1.29 is 4.39 Å². The van der Waals surface area contributed by atoms with Gasteiger partial charge in [0.25, 0.3) is 0 Å². The van der Waals surface area contributed by atoms with Crippen molar-refractivity contribution in [3.8, 4) is 0 Å². The topological polar surface area (TPSA) is 28.7 Å². The van der Waals surface area contributed by atoms with E-state index in [1.54, 1.807) is 12.1 Å². The zero-order chi connectivity index (χ0) is 11.7. The van der Waals surface area contributed by atoms with Crippen molar-refractivity contribution in [3.63, 3.8) is 0 Å². The van der Waals surface area contributed by atoms with Crippen LogP contribution in [0.3, 0.4) is 0 Å². The maximum Gasteiger partial charge on any atom is 0.171 e.